The van der Waals surface area contributed by atoms with Gasteiger partial charge < -0.3 is 20.9 Å². The number of aromatic nitrogens is 4. The van der Waals surface area contributed by atoms with Crippen LogP contribution in [0.3, 0.4) is 0 Å². The van der Waals surface area contributed by atoms with Crippen molar-refractivity contribution >= 4 is 29.3 Å². The van der Waals surface area contributed by atoms with E-state index in [0.717, 1.165) is 16.9 Å². The second-order valence-corrected chi connectivity index (χ2v) is 9.09. The summed E-state index contributed by atoms with van der Waals surface area (Å²) in [5, 5.41) is 12.4. The molecule has 4 rings (SSSR count). The van der Waals surface area contributed by atoms with Crippen molar-refractivity contribution in [1.29, 1.82) is 0 Å². The number of hydrogen-bond acceptors (Lipinski definition) is 7. The zero-order valence-electron chi connectivity index (χ0n) is 19.3. The Kier molecular flexibility index (Phi) is 6.13. The third kappa shape index (κ3) is 4.77. The summed E-state index contributed by atoms with van der Waals surface area (Å²) in [6, 6.07) is 0.436. The van der Waals surface area contributed by atoms with Gasteiger partial charge in [-0.1, -0.05) is 13.8 Å². The van der Waals surface area contributed by atoms with Gasteiger partial charge in [-0.25, -0.2) is 4.98 Å². The molecule has 1 atom stereocenters. The number of amides is 2. The minimum atomic E-state index is -4.54. The predicted octanol–water partition coefficient (Wildman–Crippen LogP) is 2.17. The van der Waals surface area contributed by atoms with Crippen LogP contribution in [0.2, 0.25) is 0 Å². The van der Waals surface area contributed by atoms with Crippen LogP contribution in [0.25, 0.3) is 0 Å². The van der Waals surface area contributed by atoms with Crippen LogP contribution >= 0.6 is 0 Å². The van der Waals surface area contributed by atoms with E-state index in [-0.39, 0.29) is 36.5 Å². The van der Waals surface area contributed by atoms with Crippen molar-refractivity contribution in [2.45, 2.75) is 64.5 Å². The summed E-state index contributed by atoms with van der Waals surface area (Å²) in [6.45, 7) is 5.47. The molecule has 0 aromatic carbocycles. The number of carbonyl (C=O) groups excluding carboxylic acids is 2. The topological polar surface area (TPSA) is 117 Å². The molecule has 1 aliphatic carbocycles. The van der Waals surface area contributed by atoms with Crippen molar-refractivity contribution in [3.05, 3.63) is 23.7 Å². The van der Waals surface area contributed by atoms with E-state index in [9.17, 15) is 22.8 Å². The molecule has 2 aliphatic rings. The van der Waals surface area contributed by atoms with Crippen LogP contribution in [-0.4, -0.2) is 56.7 Å². The number of anilines is 3. The van der Waals surface area contributed by atoms with Crippen molar-refractivity contribution in [2.75, 3.05) is 22.6 Å². The van der Waals surface area contributed by atoms with Gasteiger partial charge in [0.25, 0.3) is 0 Å². The van der Waals surface area contributed by atoms with Gasteiger partial charge in [0.2, 0.25) is 17.8 Å². The van der Waals surface area contributed by atoms with E-state index in [1.54, 1.807) is 6.92 Å². The lowest BCUT2D eigenvalue weighted by Gasteiger charge is -2.38. The molecule has 1 aliphatic heterocycles. The van der Waals surface area contributed by atoms with E-state index < -0.39 is 17.8 Å². The summed E-state index contributed by atoms with van der Waals surface area (Å²) in [5.41, 5.74) is 0.219. The Morgan fingerprint density at radius 3 is 2.59 bits per heavy atom. The van der Waals surface area contributed by atoms with Crippen molar-refractivity contribution in [3.63, 3.8) is 0 Å². The number of rotatable bonds is 6. The summed E-state index contributed by atoms with van der Waals surface area (Å²) >= 11 is 0. The maximum absolute atomic E-state index is 12.6. The molecule has 10 nitrogen and oxygen atoms in total. The molecule has 3 heterocycles. The SMILES string of the molecule is Cc1nc(NC2CC(NC(=O)Cn3ccc(C(F)(F)F)n3)C2)nc2c1NC(=O)[C@H](C(C)C)N2C. The van der Waals surface area contributed by atoms with Gasteiger partial charge in [0, 0.05) is 25.3 Å². The molecule has 184 valence electrons. The van der Waals surface area contributed by atoms with Gasteiger partial charge in [-0.05, 0) is 31.7 Å². The summed E-state index contributed by atoms with van der Waals surface area (Å²) in [5.74, 6) is 0.697. The largest absolute Gasteiger partial charge is 0.435 e. The highest BCUT2D eigenvalue weighted by Crippen LogP contribution is 2.35. The zero-order chi connectivity index (χ0) is 24.8. The van der Waals surface area contributed by atoms with Crippen LogP contribution in [0.15, 0.2) is 12.3 Å². The molecule has 0 spiro atoms. The molecule has 1 saturated carbocycles. The summed E-state index contributed by atoms with van der Waals surface area (Å²) < 4.78 is 38.9. The predicted molar refractivity (Wildman–Crippen MR) is 118 cm³/mol. The second kappa shape index (κ2) is 8.76. The van der Waals surface area contributed by atoms with E-state index in [2.05, 4.69) is 31.0 Å². The number of nitrogens with zero attached hydrogens (tertiary/aromatic N) is 5. The molecule has 13 heteroatoms. The fraction of sp³-hybridized carbons (Fsp3) is 0.571. The van der Waals surface area contributed by atoms with E-state index in [0.29, 0.717) is 36.0 Å². The minimum Gasteiger partial charge on any atom is -0.352 e. The third-order valence-electron chi connectivity index (χ3n) is 6.04. The Hall–Kier alpha value is -3.38. The Bertz CT molecular complexity index is 1090. The molecule has 3 N–H and O–H groups in total. The number of likely N-dealkylation sites (N-methyl/N-ethyl adjacent to an activating group) is 1. The van der Waals surface area contributed by atoms with Gasteiger partial charge in [0.15, 0.2) is 11.5 Å². The van der Waals surface area contributed by atoms with Crippen molar-refractivity contribution < 1.29 is 22.8 Å². The van der Waals surface area contributed by atoms with Crippen molar-refractivity contribution in [2.24, 2.45) is 5.92 Å². The summed E-state index contributed by atoms with van der Waals surface area (Å²) in [4.78, 5) is 35.5. The number of fused-ring (bicyclic) bond motifs is 1. The molecule has 34 heavy (non-hydrogen) atoms. The van der Waals surface area contributed by atoms with E-state index >= 15 is 0 Å². The first-order valence-electron chi connectivity index (χ1n) is 11.0. The quantitative estimate of drug-likeness (QED) is 0.580. The molecule has 1 fully saturated rings. The molecule has 2 aromatic rings. The molecule has 0 unspecified atom stereocenters. The van der Waals surface area contributed by atoms with E-state index in [4.69, 9.17) is 0 Å². The van der Waals surface area contributed by atoms with Gasteiger partial charge in [0.05, 0.1) is 5.69 Å². The zero-order valence-corrected chi connectivity index (χ0v) is 19.3. The highest BCUT2D eigenvalue weighted by atomic mass is 19.4. The summed E-state index contributed by atoms with van der Waals surface area (Å²) in [6.07, 6.45) is -2.16. The molecule has 0 saturated heterocycles. The van der Waals surface area contributed by atoms with Gasteiger partial charge in [-0.2, -0.15) is 23.3 Å². The van der Waals surface area contributed by atoms with Gasteiger partial charge >= 0.3 is 6.18 Å². The van der Waals surface area contributed by atoms with Crippen LogP contribution < -0.4 is 20.9 Å². The first-order valence-corrected chi connectivity index (χ1v) is 11.0. The van der Waals surface area contributed by atoms with Gasteiger partial charge in [-0.15, -0.1) is 0 Å². The third-order valence-corrected chi connectivity index (χ3v) is 6.04. The average molecular weight is 480 g/mol. The standard InChI is InChI=1S/C21H27F3N8O2/c1-10(2)17-19(34)28-16-11(3)25-20(29-18(16)31(17)4)27-13-7-12(8-13)26-15(33)9-32-6-5-14(30-32)21(22,23)24/h5-6,10,12-13,17H,7-9H2,1-4H3,(H,26,33)(H,28,34)(H,25,27,29)/t12?,13?,17-/m0/s1. The lowest BCUT2D eigenvalue weighted by molar-refractivity contribution is -0.141. The smallest absolute Gasteiger partial charge is 0.352 e. The van der Waals surface area contributed by atoms with Crippen LogP contribution in [0.1, 0.15) is 38.1 Å². The molecule has 0 radical (unpaired) electrons. The number of aryl methyl sites for hydroxylation is 1. The Labute approximate surface area is 194 Å². The first kappa shape index (κ1) is 23.8. The molecular formula is C21H27F3N8O2. The molecular weight excluding hydrogens is 453 g/mol. The first-order chi connectivity index (χ1) is 15.9. The number of halogens is 3. The lowest BCUT2D eigenvalue weighted by atomic mass is 9.87. The molecule has 2 aromatic heterocycles. The van der Waals surface area contributed by atoms with E-state index in [1.165, 1.54) is 0 Å². The number of alkyl halides is 3. The fourth-order valence-corrected chi connectivity index (χ4v) is 4.34. The number of hydrogen-bond donors (Lipinski definition) is 3. The normalized spacial score (nSPS) is 22.2. The lowest BCUT2D eigenvalue weighted by Crippen LogP contribution is -2.51. The number of carbonyl (C=O) groups is 2. The van der Waals surface area contributed by atoms with Crippen molar-refractivity contribution in [1.82, 2.24) is 25.1 Å². The minimum absolute atomic E-state index is 0.0358. The van der Waals surface area contributed by atoms with E-state index in [1.807, 2.05) is 25.8 Å². The highest BCUT2D eigenvalue weighted by molar-refractivity contribution is 6.03. The number of nitrogens with one attached hydrogen (secondary N) is 3. The van der Waals surface area contributed by atoms with Crippen molar-refractivity contribution in [3.8, 4) is 0 Å². The molecule has 0 bridgehead atoms. The molecule has 2 amide bonds. The maximum atomic E-state index is 12.6. The Morgan fingerprint density at radius 1 is 1.26 bits per heavy atom. The monoisotopic (exact) mass is 480 g/mol. The van der Waals surface area contributed by atoms with Crippen LogP contribution in [0.5, 0.6) is 0 Å². The second-order valence-electron chi connectivity index (χ2n) is 9.09. The fourth-order valence-electron chi connectivity index (χ4n) is 4.34. The summed E-state index contributed by atoms with van der Waals surface area (Å²) in [7, 11) is 1.84. The van der Waals surface area contributed by atoms with Crippen LogP contribution in [0, 0.1) is 12.8 Å². The Balaban J connectivity index is 1.31. The maximum Gasteiger partial charge on any atom is 0.435 e. The Morgan fingerprint density at radius 2 is 1.97 bits per heavy atom. The average Bonchev–Trinajstić information content (AvgIpc) is 3.16. The van der Waals surface area contributed by atoms with Crippen LogP contribution in [0.4, 0.5) is 30.6 Å². The van der Waals surface area contributed by atoms with Gasteiger partial charge in [-0.3, -0.25) is 14.3 Å². The van der Waals surface area contributed by atoms with Gasteiger partial charge in [0.1, 0.15) is 18.3 Å². The van der Waals surface area contributed by atoms with Crippen LogP contribution in [-0.2, 0) is 22.3 Å². The highest BCUT2D eigenvalue weighted by Gasteiger charge is 2.37.